The number of aromatic nitrogens is 2. The highest BCUT2D eigenvalue weighted by Gasteiger charge is 2.33. The lowest BCUT2D eigenvalue weighted by Crippen LogP contribution is -2.29. The first-order chi connectivity index (χ1) is 11.5. The van der Waals surface area contributed by atoms with Gasteiger partial charge in [-0.15, -0.1) is 0 Å². The third kappa shape index (κ3) is 3.13. The molecular formula is C18H25N3O2S. The van der Waals surface area contributed by atoms with E-state index in [4.69, 9.17) is 9.47 Å². The lowest BCUT2D eigenvalue weighted by atomic mass is 10.2. The Morgan fingerprint density at radius 3 is 2.96 bits per heavy atom. The lowest BCUT2D eigenvalue weighted by molar-refractivity contribution is 0.0924. The maximum atomic E-state index is 5.84. The predicted octanol–water partition coefficient (Wildman–Crippen LogP) is 3.15. The SMILES string of the molecule is CS(C)(C)CCOCn1ccc2cc(N3C=C4CC3CO4)cnc21. The zero-order valence-corrected chi connectivity index (χ0v) is 15.4. The van der Waals surface area contributed by atoms with E-state index in [0.717, 1.165) is 47.9 Å². The van der Waals surface area contributed by atoms with Crippen molar-refractivity contribution >= 4 is 26.7 Å². The molecule has 4 heterocycles. The summed E-state index contributed by atoms with van der Waals surface area (Å²) in [4.78, 5) is 6.96. The van der Waals surface area contributed by atoms with Gasteiger partial charge in [-0.25, -0.2) is 15.0 Å². The van der Waals surface area contributed by atoms with Gasteiger partial charge in [-0.2, -0.15) is 0 Å². The molecule has 6 heteroatoms. The fourth-order valence-corrected chi connectivity index (χ4v) is 3.77. The van der Waals surface area contributed by atoms with Crippen LogP contribution >= 0.6 is 10.0 Å². The topological polar surface area (TPSA) is 39.5 Å². The minimum Gasteiger partial charge on any atom is -0.494 e. The van der Waals surface area contributed by atoms with Crippen LogP contribution in [0.15, 0.2) is 36.5 Å². The van der Waals surface area contributed by atoms with E-state index in [1.807, 2.05) is 6.20 Å². The molecule has 0 N–H and O–H groups in total. The van der Waals surface area contributed by atoms with Crippen LogP contribution in [0.2, 0.25) is 0 Å². The molecule has 0 aromatic carbocycles. The van der Waals surface area contributed by atoms with Gasteiger partial charge in [0.05, 0.1) is 24.5 Å². The molecule has 1 unspecified atom stereocenters. The zero-order valence-electron chi connectivity index (χ0n) is 14.6. The van der Waals surface area contributed by atoms with Crippen molar-refractivity contribution in [2.75, 3.05) is 42.6 Å². The highest BCUT2D eigenvalue weighted by Crippen LogP contribution is 2.35. The summed E-state index contributed by atoms with van der Waals surface area (Å²) < 4.78 is 13.5. The van der Waals surface area contributed by atoms with E-state index < -0.39 is 10.0 Å². The maximum Gasteiger partial charge on any atom is 0.141 e. The van der Waals surface area contributed by atoms with Crippen molar-refractivity contribution in [1.29, 1.82) is 0 Å². The van der Waals surface area contributed by atoms with Crippen LogP contribution in [0.25, 0.3) is 11.0 Å². The Morgan fingerprint density at radius 2 is 2.25 bits per heavy atom. The summed E-state index contributed by atoms with van der Waals surface area (Å²) >= 11 is 0. The first-order valence-corrected chi connectivity index (χ1v) is 11.3. The van der Waals surface area contributed by atoms with E-state index >= 15 is 0 Å². The Balaban J connectivity index is 1.45. The van der Waals surface area contributed by atoms with Crippen molar-refractivity contribution in [2.24, 2.45) is 0 Å². The number of pyridine rings is 1. The van der Waals surface area contributed by atoms with Gasteiger partial charge in [-0.05, 0) is 30.9 Å². The van der Waals surface area contributed by atoms with Crippen LogP contribution in [-0.2, 0) is 16.2 Å². The van der Waals surface area contributed by atoms with Gasteiger partial charge in [-0.3, -0.25) is 0 Å². The Bertz CT molecular complexity index is 778. The van der Waals surface area contributed by atoms with Crippen molar-refractivity contribution in [3.63, 3.8) is 0 Å². The van der Waals surface area contributed by atoms with Crippen molar-refractivity contribution in [2.45, 2.75) is 19.2 Å². The second-order valence-electron chi connectivity index (χ2n) is 7.40. The van der Waals surface area contributed by atoms with Crippen LogP contribution < -0.4 is 4.90 Å². The molecule has 0 aliphatic carbocycles. The van der Waals surface area contributed by atoms with Crippen LogP contribution in [0.1, 0.15) is 6.42 Å². The molecule has 1 atom stereocenters. The average molecular weight is 347 g/mol. The quantitative estimate of drug-likeness (QED) is 0.753. The fraction of sp³-hybridized carbons (Fsp3) is 0.500. The number of rotatable bonds is 6. The highest BCUT2D eigenvalue weighted by atomic mass is 32.3. The van der Waals surface area contributed by atoms with Crippen LogP contribution in [0.5, 0.6) is 0 Å². The van der Waals surface area contributed by atoms with Gasteiger partial charge in [0.15, 0.2) is 0 Å². The van der Waals surface area contributed by atoms with Gasteiger partial charge in [-0.1, -0.05) is 0 Å². The van der Waals surface area contributed by atoms with Crippen LogP contribution in [0.4, 0.5) is 5.69 Å². The smallest absolute Gasteiger partial charge is 0.141 e. The van der Waals surface area contributed by atoms with Crippen molar-refractivity contribution in [3.8, 4) is 0 Å². The highest BCUT2D eigenvalue weighted by molar-refractivity contribution is 8.32. The standard InChI is InChI=1S/C18H25N3O2S/c1-24(2,3)7-6-22-13-20-5-4-14-8-15(10-19-18(14)20)21-11-17-9-16(21)12-23-17/h4-5,8,10-11,16H,6-7,9,12-13H2,1-3H3. The number of fused-ring (bicyclic) bond motifs is 3. The molecule has 2 aliphatic rings. The number of anilines is 1. The molecule has 0 radical (unpaired) electrons. The van der Waals surface area contributed by atoms with Crippen molar-refractivity contribution in [1.82, 2.24) is 9.55 Å². The molecule has 0 spiro atoms. The Morgan fingerprint density at radius 1 is 1.38 bits per heavy atom. The molecule has 1 fully saturated rings. The summed E-state index contributed by atoms with van der Waals surface area (Å²) in [5.41, 5.74) is 2.12. The maximum absolute atomic E-state index is 5.84. The summed E-state index contributed by atoms with van der Waals surface area (Å²) in [6, 6.07) is 4.75. The van der Waals surface area contributed by atoms with Crippen LogP contribution in [0.3, 0.4) is 0 Å². The molecule has 2 aromatic heterocycles. The number of ether oxygens (including phenoxy) is 2. The second-order valence-corrected chi connectivity index (χ2v) is 12.0. The van der Waals surface area contributed by atoms with Gasteiger partial charge in [0, 0.05) is 30.0 Å². The summed E-state index contributed by atoms with van der Waals surface area (Å²) in [6.45, 7) is 2.16. The zero-order chi connectivity index (χ0) is 16.7. The predicted molar refractivity (Wildman–Crippen MR) is 101 cm³/mol. The van der Waals surface area contributed by atoms with Gasteiger partial charge < -0.3 is 18.9 Å². The first-order valence-electron chi connectivity index (χ1n) is 8.30. The normalized spacial score (nSPS) is 20.5. The third-order valence-corrected chi connectivity index (χ3v) is 5.92. The summed E-state index contributed by atoms with van der Waals surface area (Å²) in [5, 5.41) is 1.15. The number of nitrogens with zero attached hydrogens (tertiary/aromatic N) is 3. The van der Waals surface area contributed by atoms with Crippen LogP contribution in [0, 0.1) is 0 Å². The summed E-state index contributed by atoms with van der Waals surface area (Å²) in [7, 11) is -0.498. The molecule has 0 saturated carbocycles. The number of hydrogen-bond donors (Lipinski definition) is 0. The monoisotopic (exact) mass is 347 g/mol. The van der Waals surface area contributed by atoms with Crippen LogP contribution in [-0.4, -0.2) is 53.3 Å². The molecule has 0 amide bonds. The molecule has 24 heavy (non-hydrogen) atoms. The largest absolute Gasteiger partial charge is 0.494 e. The molecule has 1 saturated heterocycles. The Labute approximate surface area is 144 Å². The first kappa shape index (κ1) is 15.8. The molecule has 4 rings (SSSR count). The molecule has 130 valence electrons. The fourth-order valence-electron chi connectivity index (χ4n) is 3.15. The van der Waals surface area contributed by atoms with Crippen molar-refractivity contribution < 1.29 is 9.47 Å². The molecular weight excluding hydrogens is 322 g/mol. The second kappa shape index (κ2) is 6.01. The average Bonchev–Trinajstić information content (AvgIpc) is 3.25. The van der Waals surface area contributed by atoms with E-state index in [9.17, 15) is 0 Å². The minimum absolute atomic E-state index is 0.435. The Kier molecular flexibility index (Phi) is 3.96. The van der Waals surface area contributed by atoms with E-state index in [1.54, 1.807) is 0 Å². The third-order valence-electron chi connectivity index (χ3n) is 4.53. The summed E-state index contributed by atoms with van der Waals surface area (Å²) in [6.07, 6.45) is 14.1. The van der Waals surface area contributed by atoms with Crippen molar-refractivity contribution in [3.05, 3.63) is 36.5 Å². The lowest BCUT2D eigenvalue weighted by Gasteiger charge is -2.25. The Hall–Kier alpha value is -1.66. The van der Waals surface area contributed by atoms with Gasteiger partial charge in [0.25, 0.3) is 0 Å². The summed E-state index contributed by atoms with van der Waals surface area (Å²) in [5.74, 6) is 2.23. The van der Waals surface area contributed by atoms with E-state index in [-0.39, 0.29) is 0 Å². The van der Waals surface area contributed by atoms with E-state index in [1.165, 1.54) is 0 Å². The van der Waals surface area contributed by atoms with Gasteiger partial charge >= 0.3 is 0 Å². The van der Waals surface area contributed by atoms with Gasteiger partial charge in [0.1, 0.15) is 24.7 Å². The van der Waals surface area contributed by atoms with Gasteiger partial charge in [0.2, 0.25) is 0 Å². The van der Waals surface area contributed by atoms with E-state index in [2.05, 4.69) is 57.7 Å². The minimum atomic E-state index is -0.498. The molecule has 2 aromatic rings. The van der Waals surface area contributed by atoms with E-state index in [0.29, 0.717) is 12.8 Å². The molecule has 2 aliphatic heterocycles. The number of hydrogen-bond acceptors (Lipinski definition) is 4. The molecule has 2 bridgehead atoms. The molecule has 5 nitrogen and oxygen atoms in total.